The van der Waals surface area contributed by atoms with E-state index in [1.54, 1.807) is 12.1 Å². The molecule has 17 heavy (non-hydrogen) atoms. The second-order valence-corrected chi connectivity index (χ2v) is 4.97. The Labute approximate surface area is 123 Å². The van der Waals surface area contributed by atoms with Crippen LogP contribution in [0.5, 0.6) is 0 Å². The molecule has 0 aliphatic rings. The zero-order valence-corrected chi connectivity index (χ0v) is 12.6. The molecule has 0 bridgehead atoms. The minimum atomic E-state index is -4.40. The van der Waals surface area contributed by atoms with E-state index in [2.05, 4.69) is 0 Å². The van der Waals surface area contributed by atoms with E-state index in [1.807, 2.05) is 25.1 Å². The van der Waals surface area contributed by atoms with Gasteiger partial charge in [0.1, 0.15) is 10.1 Å². The van der Waals surface area contributed by atoms with Gasteiger partial charge < -0.3 is 4.55 Å². The Morgan fingerprint density at radius 2 is 1.88 bits per heavy atom. The van der Waals surface area contributed by atoms with Gasteiger partial charge in [-0.15, -0.1) is 0 Å². The van der Waals surface area contributed by atoms with Gasteiger partial charge in [0.2, 0.25) is 0 Å². The van der Waals surface area contributed by atoms with Gasteiger partial charge in [-0.3, -0.25) is 0 Å². The quantitative estimate of drug-likeness (QED) is 0.529. The van der Waals surface area contributed by atoms with Crippen LogP contribution in [-0.2, 0) is 16.5 Å². The summed E-state index contributed by atoms with van der Waals surface area (Å²) >= 11 is 0. The molecule has 0 radical (unpaired) electrons. The van der Waals surface area contributed by atoms with Crippen LogP contribution in [0.25, 0.3) is 10.8 Å². The summed E-state index contributed by atoms with van der Waals surface area (Å²) in [6, 6.07) is 10.2. The molecule has 0 saturated heterocycles. The Morgan fingerprint density at radius 3 is 2.47 bits per heavy atom. The second-order valence-electron chi connectivity index (χ2n) is 3.62. The van der Waals surface area contributed by atoms with Crippen LogP contribution in [0.3, 0.4) is 0 Å². The average Bonchev–Trinajstić information content (AvgIpc) is 2.26. The van der Waals surface area contributed by atoms with Crippen molar-refractivity contribution in [2.75, 3.05) is 0 Å². The van der Waals surface area contributed by atoms with Crippen LogP contribution in [-0.4, -0.2) is 13.0 Å². The summed E-state index contributed by atoms with van der Waals surface area (Å²) in [5, 5.41) is 1.28. The number of hydrogen-bond donors (Lipinski definition) is 0. The zero-order chi connectivity index (χ0) is 11.8. The smallest absolute Gasteiger partial charge is 0.744 e. The Bertz CT molecular complexity index is 635. The third-order valence-corrected chi connectivity index (χ3v) is 3.48. The third kappa shape index (κ3) is 3.09. The Kier molecular flexibility index (Phi) is 4.75. The monoisotopic (exact) mass is 258 g/mol. The predicted molar refractivity (Wildman–Crippen MR) is 61.3 cm³/mol. The van der Waals surface area contributed by atoms with Gasteiger partial charge in [0.25, 0.3) is 0 Å². The second kappa shape index (κ2) is 5.50. The van der Waals surface area contributed by atoms with Crippen molar-refractivity contribution < 1.29 is 42.5 Å². The van der Waals surface area contributed by atoms with E-state index < -0.39 is 10.1 Å². The van der Waals surface area contributed by atoms with Crippen LogP contribution in [0.1, 0.15) is 12.5 Å². The summed E-state index contributed by atoms with van der Waals surface area (Å²) in [6.45, 7) is 2.02. The van der Waals surface area contributed by atoms with Crippen molar-refractivity contribution in [2.24, 2.45) is 0 Å². The minimum Gasteiger partial charge on any atom is -0.744 e. The molecule has 0 N–H and O–H groups in total. The first-order valence-corrected chi connectivity index (χ1v) is 6.41. The molecule has 0 atom stereocenters. The maximum atomic E-state index is 11.0. The molecular formula is C12H11NaO3S. The fourth-order valence-electron chi connectivity index (χ4n) is 1.74. The molecule has 5 heteroatoms. The molecule has 0 aliphatic heterocycles. The van der Waals surface area contributed by atoms with E-state index in [-0.39, 0.29) is 34.5 Å². The van der Waals surface area contributed by atoms with Crippen LogP contribution in [0, 0.1) is 0 Å². The van der Waals surface area contributed by atoms with Gasteiger partial charge in [-0.25, -0.2) is 8.42 Å². The largest absolute Gasteiger partial charge is 1.00 e. The Hall–Kier alpha value is -0.390. The standard InChI is InChI=1S/C12H12O3S.Na/c1-2-9-6-7-11-10(8-9)4-3-5-12(11)16(13,14)15;/h3-8H,2H2,1H3,(H,13,14,15);/q;+1/p-1. The maximum Gasteiger partial charge on any atom is 1.00 e. The topological polar surface area (TPSA) is 57.2 Å². The van der Waals surface area contributed by atoms with Crippen LogP contribution in [0.2, 0.25) is 0 Å². The molecule has 2 rings (SSSR count). The number of hydrogen-bond acceptors (Lipinski definition) is 3. The van der Waals surface area contributed by atoms with E-state index in [9.17, 15) is 13.0 Å². The van der Waals surface area contributed by atoms with Gasteiger partial charge >= 0.3 is 29.6 Å². The van der Waals surface area contributed by atoms with Gasteiger partial charge in [-0.2, -0.15) is 0 Å². The van der Waals surface area contributed by atoms with Crippen LogP contribution < -0.4 is 29.6 Å². The fourth-order valence-corrected chi connectivity index (χ4v) is 2.44. The van der Waals surface area contributed by atoms with Crippen molar-refractivity contribution >= 4 is 20.9 Å². The zero-order valence-electron chi connectivity index (χ0n) is 9.80. The fraction of sp³-hybridized carbons (Fsp3) is 0.167. The van der Waals surface area contributed by atoms with Crippen molar-refractivity contribution in [3.05, 3.63) is 42.0 Å². The molecule has 0 unspecified atom stereocenters. The number of fused-ring (bicyclic) bond motifs is 1. The molecule has 2 aromatic rings. The van der Waals surface area contributed by atoms with Crippen molar-refractivity contribution in [3.8, 4) is 0 Å². The van der Waals surface area contributed by atoms with Gasteiger partial charge in [0.05, 0.1) is 4.90 Å². The van der Waals surface area contributed by atoms with Gasteiger partial charge in [0, 0.05) is 0 Å². The Morgan fingerprint density at radius 1 is 1.18 bits per heavy atom. The van der Waals surface area contributed by atoms with E-state index >= 15 is 0 Å². The summed E-state index contributed by atoms with van der Waals surface area (Å²) in [4.78, 5) is -0.146. The van der Waals surface area contributed by atoms with Crippen molar-refractivity contribution in [1.29, 1.82) is 0 Å². The predicted octanol–water partition coefficient (Wildman–Crippen LogP) is -0.690. The molecule has 0 aliphatic carbocycles. The van der Waals surface area contributed by atoms with E-state index in [0.717, 1.165) is 17.4 Å². The molecule has 0 spiro atoms. The van der Waals surface area contributed by atoms with Crippen LogP contribution in [0.4, 0.5) is 0 Å². The summed E-state index contributed by atoms with van der Waals surface area (Å²) in [6.07, 6.45) is 0.879. The van der Waals surface area contributed by atoms with Crippen LogP contribution >= 0.6 is 0 Å². The molecule has 0 heterocycles. The minimum absolute atomic E-state index is 0. The van der Waals surface area contributed by atoms with Crippen molar-refractivity contribution in [2.45, 2.75) is 18.2 Å². The van der Waals surface area contributed by atoms with Crippen molar-refractivity contribution in [3.63, 3.8) is 0 Å². The Balaban J connectivity index is 0.00000144. The van der Waals surface area contributed by atoms with E-state index in [1.165, 1.54) is 6.07 Å². The molecule has 0 fully saturated rings. The van der Waals surface area contributed by atoms with E-state index in [0.29, 0.717) is 5.39 Å². The first kappa shape index (κ1) is 14.7. The van der Waals surface area contributed by atoms with E-state index in [4.69, 9.17) is 0 Å². The number of rotatable bonds is 2. The van der Waals surface area contributed by atoms with Crippen LogP contribution in [0.15, 0.2) is 41.3 Å². The van der Waals surface area contributed by atoms with Crippen molar-refractivity contribution in [1.82, 2.24) is 0 Å². The summed E-state index contributed by atoms with van der Waals surface area (Å²) < 4.78 is 33.1. The molecule has 84 valence electrons. The maximum absolute atomic E-state index is 11.0. The normalized spacial score (nSPS) is 11.2. The first-order valence-electron chi connectivity index (χ1n) is 5.00. The molecule has 3 nitrogen and oxygen atoms in total. The number of benzene rings is 2. The average molecular weight is 258 g/mol. The van der Waals surface area contributed by atoms with Gasteiger partial charge in [-0.05, 0) is 28.8 Å². The summed E-state index contributed by atoms with van der Waals surface area (Å²) in [7, 11) is -4.40. The third-order valence-electron chi connectivity index (χ3n) is 2.58. The van der Waals surface area contributed by atoms with Gasteiger partial charge in [-0.1, -0.05) is 37.3 Å². The summed E-state index contributed by atoms with van der Waals surface area (Å²) in [5.41, 5.74) is 1.12. The number of aryl methyl sites for hydroxylation is 1. The first-order chi connectivity index (χ1) is 7.52. The molecule has 2 aromatic carbocycles. The van der Waals surface area contributed by atoms with Gasteiger partial charge in [0.15, 0.2) is 0 Å². The summed E-state index contributed by atoms with van der Waals surface area (Å²) in [5.74, 6) is 0. The molecule has 0 aromatic heterocycles. The molecule has 0 saturated carbocycles. The molecular weight excluding hydrogens is 247 g/mol. The SMILES string of the molecule is CCc1ccc2c(S(=O)(=O)[O-])cccc2c1.[Na+]. The molecule has 0 amide bonds.